The SMILES string of the molecule is CC(C)(C)OC(=O)NCC(C)(NCc1c(F)cccc1Cl)C1CC1. The average Bonchev–Trinajstić information content (AvgIpc) is 3.28. The van der Waals surface area contributed by atoms with Crippen LogP contribution >= 0.6 is 11.6 Å². The predicted molar refractivity (Wildman–Crippen MR) is 93.6 cm³/mol. The van der Waals surface area contributed by atoms with Gasteiger partial charge in [0.2, 0.25) is 0 Å². The third kappa shape index (κ3) is 5.35. The Balaban J connectivity index is 1.97. The molecule has 1 unspecified atom stereocenters. The van der Waals surface area contributed by atoms with Crippen molar-refractivity contribution in [3.8, 4) is 0 Å². The lowest BCUT2D eigenvalue weighted by atomic mass is 9.95. The van der Waals surface area contributed by atoms with Gasteiger partial charge in [0.25, 0.3) is 0 Å². The molecular formula is C18H26ClFN2O2. The molecule has 1 saturated carbocycles. The van der Waals surface area contributed by atoms with Crippen LogP contribution in [-0.4, -0.2) is 23.8 Å². The van der Waals surface area contributed by atoms with Crippen LogP contribution in [0.5, 0.6) is 0 Å². The van der Waals surface area contributed by atoms with Gasteiger partial charge in [0.05, 0.1) is 0 Å². The first-order valence-corrected chi connectivity index (χ1v) is 8.63. The van der Waals surface area contributed by atoms with E-state index >= 15 is 0 Å². The van der Waals surface area contributed by atoms with E-state index in [0.29, 0.717) is 29.6 Å². The van der Waals surface area contributed by atoms with Crippen LogP contribution in [0.15, 0.2) is 18.2 Å². The van der Waals surface area contributed by atoms with Gasteiger partial charge in [0, 0.05) is 29.2 Å². The van der Waals surface area contributed by atoms with Crippen molar-refractivity contribution in [2.75, 3.05) is 6.54 Å². The zero-order valence-electron chi connectivity index (χ0n) is 14.7. The van der Waals surface area contributed by atoms with Crippen molar-refractivity contribution in [2.45, 2.75) is 58.2 Å². The second-order valence-electron chi connectivity index (χ2n) is 7.60. The van der Waals surface area contributed by atoms with Gasteiger partial charge < -0.3 is 15.4 Å². The lowest BCUT2D eigenvalue weighted by molar-refractivity contribution is 0.0507. The maximum atomic E-state index is 13.9. The lowest BCUT2D eigenvalue weighted by Crippen LogP contribution is -2.53. The van der Waals surface area contributed by atoms with Crippen molar-refractivity contribution in [3.63, 3.8) is 0 Å². The van der Waals surface area contributed by atoms with E-state index in [0.717, 1.165) is 12.8 Å². The van der Waals surface area contributed by atoms with E-state index in [1.807, 2.05) is 27.7 Å². The fourth-order valence-electron chi connectivity index (χ4n) is 2.63. The predicted octanol–water partition coefficient (Wildman–Crippen LogP) is 4.26. The average molecular weight is 357 g/mol. The molecule has 134 valence electrons. The van der Waals surface area contributed by atoms with E-state index in [4.69, 9.17) is 16.3 Å². The van der Waals surface area contributed by atoms with E-state index in [1.165, 1.54) is 6.07 Å². The third-order valence-electron chi connectivity index (χ3n) is 4.21. The number of nitrogens with one attached hydrogen (secondary N) is 2. The number of hydrogen-bond donors (Lipinski definition) is 2. The number of hydrogen-bond acceptors (Lipinski definition) is 3. The highest BCUT2D eigenvalue weighted by Crippen LogP contribution is 2.39. The third-order valence-corrected chi connectivity index (χ3v) is 4.56. The summed E-state index contributed by atoms with van der Waals surface area (Å²) in [4.78, 5) is 11.9. The number of halogens is 2. The molecule has 2 N–H and O–H groups in total. The van der Waals surface area contributed by atoms with Crippen LogP contribution in [0, 0.1) is 11.7 Å². The Morgan fingerprint density at radius 3 is 2.54 bits per heavy atom. The highest BCUT2D eigenvalue weighted by molar-refractivity contribution is 6.31. The van der Waals surface area contributed by atoms with Crippen molar-refractivity contribution in [2.24, 2.45) is 5.92 Å². The van der Waals surface area contributed by atoms with Gasteiger partial charge in [-0.3, -0.25) is 0 Å². The van der Waals surface area contributed by atoms with Crippen LogP contribution in [0.4, 0.5) is 9.18 Å². The Morgan fingerprint density at radius 2 is 2.00 bits per heavy atom. The zero-order valence-corrected chi connectivity index (χ0v) is 15.5. The molecule has 0 aromatic heterocycles. The van der Waals surface area contributed by atoms with E-state index in [-0.39, 0.29) is 11.4 Å². The monoisotopic (exact) mass is 356 g/mol. The summed E-state index contributed by atoms with van der Waals surface area (Å²) in [5.74, 6) is 0.117. The molecule has 1 aliphatic rings. The van der Waals surface area contributed by atoms with Gasteiger partial charge in [0.15, 0.2) is 0 Å². The quantitative estimate of drug-likeness (QED) is 0.800. The molecule has 1 aromatic rings. The molecule has 0 spiro atoms. The van der Waals surface area contributed by atoms with Crippen molar-refractivity contribution >= 4 is 17.7 Å². The van der Waals surface area contributed by atoms with Crippen LogP contribution in [0.3, 0.4) is 0 Å². The molecular weight excluding hydrogens is 331 g/mol. The Labute approximate surface area is 148 Å². The number of alkyl carbamates (subject to hydrolysis) is 1. The number of benzene rings is 1. The van der Waals surface area contributed by atoms with Crippen molar-refractivity contribution in [1.82, 2.24) is 10.6 Å². The van der Waals surface area contributed by atoms with Gasteiger partial charge in [-0.15, -0.1) is 0 Å². The molecule has 24 heavy (non-hydrogen) atoms. The molecule has 0 saturated heterocycles. The minimum absolute atomic E-state index is 0.314. The van der Waals surface area contributed by atoms with Crippen LogP contribution in [0.2, 0.25) is 5.02 Å². The van der Waals surface area contributed by atoms with Crippen molar-refractivity contribution in [1.29, 1.82) is 0 Å². The number of carbonyl (C=O) groups is 1. The Kier molecular flexibility index (Phi) is 5.76. The smallest absolute Gasteiger partial charge is 0.407 e. The second kappa shape index (κ2) is 7.28. The van der Waals surface area contributed by atoms with Gasteiger partial charge in [-0.25, -0.2) is 9.18 Å². The Hall–Kier alpha value is -1.33. The van der Waals surface area contributed by atoms with E-state index < -0.39 is 11.7 Å². The van der Waals surface area contributed by atoms with Gasteiger partial charge in [0.1, 0.15) is 11.4 Å². The summed E-state index contributed by atoms with van der Waals surface area (Å²) >= 11 is 6.08. The molecule has 0 radical (unpaired) electrons. The van der Waals surface area contributed by atoms with Crippen LogP contribution in [0.25, 0.3) is 0 Å². The highest BCUT2D eigenvalue weighted by Gasteiger charge is 2.41. The molecule has 2 rings (SSSR count). The maximum absolute atomic E-state index is 13.9. The fourth-order valence-corrected chi connectivity index (χ4v) is 2.86. The van der Waals surface area contributed by atoms with Gasteiger partial charge >= 0.3 is 6.09 Å². The van der Waals surface area contributed by atoms with Gasteiger partial charge in [-0.1, -0.05) is 17.7 Å². The maximum Gasteiger partial charge on any atom is 0.407 e. The molecule has 0 bridgehead atoms. The first-order chi connectivity index (χ1) is 11.1. The summed E-state index contributed by atoms with van der Waals surface area (Å²) in [6, 6.07) is 4.66. The number of amides is 1. The summed E-state index contributed by atoms with van der Waals surface area (Å²) < 4.78 is 19.2. The largest absolute Gasteiger partial charge is 0.444 e. The molecule has 0 heterocycles. The Morgan fingerprint density at radius 1 is 1.33 bits per heavy atom. The summed E-state index contributed by atoms with van der Waals surface area (Å²) in [6.07, 6.45) is 1.73. The lowest BCUT2D eigenvalue weighted by Gasteiger charge is -2.32. The minimum Gasteiger partial charge on any atom is -0.444 e. The topological polar surface area (TPSA) is 50.4 Å². The molecule has 1 fully saturated rings. The van der Waals surface area contributed by atoms with Gasteiger partial charge in [-0.2, -0.15) is 0 Å². The number of rotatable bonds is 6. The molecule has 1 amide bonds. The first-order valence-electron chi connectivity index (χ1n) is 8.25. The van der Waals surface area contributed by atoms with E-state index in [2.05, 4.69) is 10.6 Å². The van der Waals surface area contributed by atoms with Crippen LogP contribution in [-0.2, 0) is 11.3 Å². The first kappa shape index (κ1) is 19.0. The van der Waals surface area contributed by atoms with E-state index in [1.54, 1.807) is 12.1 Å². The van der Waals surface area contributed by atoms with Crippen molar-refractivity contribution < 1.29 is 13.9 Å². The molecule has 1 aromatic carbocycles. The normalized spacial score (nSPS) is 17.2. The van der Waals surface area contributed by atoms with Crippen molar-refractivity contribution in [3.05, 3.63) is 34.6 Å². The second-order valence-corrected chi connectivity index (χ2v) is 8.01. The molecule has 0 aliphatic heterocycles. The highest BCUT2D eigenvalue weighted by atomic mass is 35.5. The molecule has 4 nitrogen and oxygen atoms in total. The molecule has 1 aliphatic carbocycles. The summed E-state index contributed by atoms with van der Waals surface area (Å²) in [7, 11) is 0. The molecule has 1 atom stereocenters. The minimum atomic E-state index is -0.534. The standard InChI is InChI=1S/C18H26ClFN2O2/c1-17(2,3)24-16(23)21-11-18(4,12-8-9-12)22-10-13-14(19)6-5-7-15(13)20/h5-7,12,22H,8-11H2,1-4H3,(H,21,23). The zero-order chi connectivity index (χ0) is 18.0. The summed E-state index contributed by atoms with van der Waals surface area (Å²) in [5, 5.41) is 6.60. The molecule has 6 heteroatoms. The van der Waals surface area contributed by atoms with Gasteiger partial charge in [-0.05, 0) is 58.6 Å². The summed E-state index contributed by atoms with van der Waals surface area (Å²) in [6.45, 7) is 8.24. The summed E-state index contributed by atoms with van der Waals surface area (Å²) in [5.41, 5.74) is -0.417. The fraction of sp³-hybridized carbons (Fsp3) is 0.611. The number of carbonyl (C=O) groups excluding carboxylic acids is 1. The number of ether oxygens (including phenoxy) is 1. The van der Waals surface area contributed by atoms with Crippen LogP contribution < -0.4 is 10.6 Å². The van der Waals surface area contributed by atoms with Crippen LogP contribution in [0.1, 0.15) is 46.1 Å². The van der Waals surface area contributed by atoms with E-state index in [9.17, 15) is 9.18 Å². The Bertz CT molecular complexity index is 579.